The number of rotatable bonds is 7. The first-order valence-electron chi connectivity index (χ1n) is 11.7. The number of hydrogen-bond acceptors (Lipinski definition) is 0. The van der Waals surface area contributed by atoms with E-state index in [1.165, 1.54) is 56.1 Å². The Morgan fingerprint density at radius 3 is 1.87 bits per heavy atom. The molecule has 162 valence electrons. The van der Waals surface area contributed by atoms with E-state index in [-0.39, 0.29) is 5.82 Å². The highest BCUT2D eigenvalue weighted by atomic mass is 35.5. The molecule has 1 saturated carbocycles. The maximum absolute atomic E-state index is 14.7. The molecule has 0 unspecified atom stereocenters. The Kier molecular flexibility index (Phi) is 7.45. The quantitative estimate of drug-likeness (QED) is 0.348. The molecule has 0 N–H and O–H groups in total. The lowest BCUT2D eigenvalue weighted by atomic mass is 9.77. The average Bonchev–Trinajstić information content (AvgIpc) is 2.79. The lowest BCUT2D eigenvalue weighted by Crippen LogP contribution is -2.15. The zero-order valence-corrected chi connectivity index (χ0v) is 19.2. The molecule has 0 aliphatic heterocycles. The number of halogens is 2. The van der Waals surface area contributed by atoms with Gasteiger partial charge >= 0.3 is 0 Å². The van der Waals surface area contributed by atoms with Crippen molar-refractivity contribution in [2.75, 3.05) is 0 Å². The van der Waals surface area contributed by atoms with Gasteiger partial charge in [0.2, 0.25) is 0 Å². The number of benzene rings is 3. The van der Waals surface area contributed by atoms with E-state index in [0.717, 1.165) is 29.4 Å². The summed E-state index contributed by atoms with van der Waals surface area (Å²) in [5, 5.41) is 0.672. The molecular weight excluding hydrogens is 403 g/mol. The fourth-order valence-corrected chi connectivity index (χ4v) is 5.01. The Morgan fingerprint density at radius 2 is 1.29 bits per heavy atom. The first-order chi connectivity index (χ1) is 15.1. The van der Waals surface area contributed by atoms with Crippen molar-refractivity contribution < 1.29 is 4.39 Å². The minimum atomic E-state index is -0.139. The SMILES string of the molecule is Cc1ccc(CCC2CCC(CCc3ccc(-c4ccc(Cl)cc4)c(F)c3)CC2)cc1. The molecule has 0 atom stereocenters. The standard InChI is InChI=1S/C29H32ClF/c1-21-2-4-22(5-3-21)6-7-23-8-10-24(11-9-23)12-13-25-14-19-28(29(31)20-25)26-15-17-27(30)18-16-26/h2-5,14-20,23-24H,6-13H2,1H3. The summed E-state index contributed by atoms with van der Waals surface area (Å²) in [6.07, 6.45) is 10.00. The van der Waals surface area contributed by atoms with Crippen molar-refractivity contribution in [3.8, 4) is 11.1 Å². The third-order valence-electron chi connectivity index (χ3n) is 6.96. The van der Waals surface area contributed by atoms with E-state index in [1.54, 1.807) is 18.2 Å². The molecule has 0 spiro atoms. The van der Waals surface area contributed by atoms with Gasteiger partial charge in [-0.05, 0) is 79.3 Å². The fourth-order valence-electron chi connectivity index (χ4n) is 4.88. The second-order valence-corrected chi connectivity index (χ2v) is 9.71. The molecule has 1 aliphatic rings. The summed E-state index contributed by atoms with van der Waals surface area (Å²) < 4.78 is 14.7. The predicted octanol–water partition coefficient (Wildman–Crippen LogP) is 8.83. The van der Waals surface area contributed by atoms with Gasteiger partial charge in [-0.1, -0.05) is 91.4 Å². The van der Waals surface area contributed by atoms with Crippen molar-refractivity contribution in [2.24, 2.45) is 11.8 Å². The topological polar surface area (TPSA) is 0 Å². The van der Waals surface area contributed by atoms with E-state index < -0.39 is 0 Å². The highest BCUT2D eigenvalue weighted by molar-refractivity contribution is 6.30. The van der Waals surface area contributed by atoms with Crippen molar-refractivity contribution in [3.63, 3.8) is 0 Å². The highest BCUT2D eigenvalue weighted by Crippen LogP contribution is 2.34. The summed E-state index contributed by atoms with van der Waals surface area (Å²) >= 11 is 5.95. The maximum atomic E-state index is 14.7. The molecule has 2 heteroatoms. The van der Waals surface area contributed by atoms with Crippen LogP contribution in [0, 0.1) is 24.6 Å². The van der Waals surface area contributed by atoms with Crippen molar-refractivity contribution in [3.05, 3.63) is 94.3 Å². The van der Waals surface area contributed by atoms with E-state index in [9.17, 15) is 4.39 Å². The average molecular weight is 435 g/mol. The molecule has 3 aromatic carbocycles. The summed E-state index contributed by atoms with van der Waals surface area (Å²) in [6.45, 7) is 2.15. The van der Waals surface area contributed by atoms with Crippen LogP contribution in [0.2, 0.25) is 5.02 Å². The van der Waals surface area contributed by atoms with Crippen molar-refractivity contribution in [2.45, 2.75) is 58.3 Å². The van der Waals surface area contributed by atoms with Gasteiger partial charge < -0.3 is 0 Å². The minimum Gasteiger partial charge on any atom is -0.206 e. The first kappa shape index (κ1) is 22.1. The summed E-state index contributed by atoms with van der Waals surface area (Å²) in [4.78, 5) is 0. The summed E-state index contributed by atoms with van der Waals surface area (Å²) in [5.74, 6) is 1.52. The normalized spacial score (nSPS) is 18.8. The van der Waals surface area contributed by atoms with Crippen molar-refractivity contribution in [1.29, 1.82) is 0 Å². The Bertz CT molecular complexity index is 967. The zero-order chi connectivity index (χ0) is 21.6. The molecule has 1 fully saturated rings. The second kappa shape index (κ2) is 10.5. The molecule has 0 aromatic heterocycles. The van der Waals surface area contributed by atoms with Crippen LogP contribution >= 0.6 is 11.6 Å². The molecule has 0 saturated heterocycles. The van der Waals surface area contributed by atoms with Crippen LogP contribution in [-0.4, -0.2) is 0 Å². The van der Waals surface area contributed by atoms with Crippen LogP contribution in [0.4, 0.5) is 4.39 Å². The molecule has 31 heavy (non-hydrogen) atoms. The van der Waals surface area contributed by atoms with Crippen molar-refractivity contribution >= 4 is 11.6 Å². The molecule has 0 heterocycles. The molecule has 1 aliphatic carbocycles. The number of aryl methyl sites for hydroxylation is 3. The molecule has 0 bridgehead atoms. The van der Waals surface area contributed by atoms with Gasteiger partial charge in [-0.15, -0.1) is 0 Å². The third-order valence-corrected chi connectivity index (χ3v) is 7.21. The van der Waals surface area contributed by atoms with Crippen LogP contribution in [0.3, 0.4) is 0 Å². The van der Waals surface area contributed by atoms with Crippen LogP contribution < -0.4 is 0 Å². The molecular formula is C29H32ClF. The largest absolute Gasteiger partial charge is 0.206 e. The van der Waals surface area contributed by atoms with Gasteiger partial charge in [0, 0.05) is 10.6 Å². The van der Waals surface area contributed by atoms with Gasteiger partial charge in [0.15, 0.2) is 0 Å². The summed E-state index contributed by atoms with van der Waals surface area (Å²) in [6, 6.07) is 22.1. The lowest BCUT2D eigenvalue weighted by molar-refractivity contribution is 0.253. The zero-order valence-electron chi connectivity index (χ0n) is 18.4. The lowest BCUT2D eigenvalue weighted by Gasteiger charge is -2.28. The molecule has 0 radical (unpaired) electrons. The Labute approximate surface area is 191 Å². The fraction of sp³-hybridized carbons (Fsp3) is 0.379. The Balaban J connectivity index is 1.22. The molecule has 4 rings (SSSR count). The highest BCUT2D eigenvalue weighted by Gasteiger charge is 2.21. The molecule has 3 aromatic rings. The monoisotopic (exact) mass is 434 g/mol. The smallest absolute Gasteiger partial charge is 0.131 e. The van der Waals surface area contributed by atoms with Crippen LogP contribution in [-0.2, 0) is 12.8 Å². The van der Waals surface area contributed by atoms with E-state index in [4.69, 9.17) is 11.6 Å². The Morgan fingerprint density at radius 1 is 0.742 bits per heavy atom. The van der Waals surface area contributed by atoms with Gasteiger partial charge in [-0.2, -0.15) is 0 Å². The van der Waals surface area contributed by atoms with E-state index in [1.807, 2.05) is 18.2 Å². The first-order valence-corrected chi connectivity index (χ1v) is 12.0. The van der Waals surface area contributed by atoms with Gasteiger partial charge in [0.05, 0.1) is 0 Å². The van der Waals surface area contributed by atoms with Crippen LogP contribution in [0.1, 0.15) is 55.2 Å². The number of hydrogen-bond donors (Lipinski definition) is 0. The minimum absolute atomic E-state index is 0.139. The van der Waals surface area contributed by atoms with Crippen LogP contribution in [0.25, 0.3) is 11.1 Å². The van der Waals surface area contributed by atoms with E-state index >= 15 is 0 Å². The third kappa shape index (κ3) is 6.20. The van der Waals surface area contributed by atoms with Gasteiger partial charge in [-0.25, -0.2) is 4.39 Å². The molecule has 0 amide bonds. The van der Waals surface area contributed by atoms with Gasteiger partial charge in [0.25, 0.3) is 0 Å². The van der Waals surface area contributed by atoms with Crippen LogP contribution in [0.5, 0.6) is 0 Å². The van der Waals surface area contributed by atoms with Gasteiger partial charge in [0.1, 0.15) is 5.82 Å². The van der Waals surface area contributed by atoms with Crippen molar-refractivity contribution in [1.82, 2.24) is 0 Å². The Hall–Kier alpha value is -2.12. The predicted molar refractivity (Wildman–Crippen MR) is 130 cm³/mol. The van der Waals surface area contributed by atoms with E-state index in [0.29, 0.717) is 10.6 Å². The summed E-state index contributed by atoms with van der Waals surface area (Å²) in [7, 11) is 0. The maximum Gasteiger partial charge on any atom is 0.131 e. The van der Waals surface area contributed by atoms with Crippen LogP contribution in [0.15, 0.2) is 66.7 Å². The van der Waals surface area contributed by atoms with E-state index in [2.05, 4.69) is 37.3 Å². The second-order valence-electron chi connectivity index (χ2n) is 9.27. The summed E-state index contributed by atoms with van der Waals surface area (Å²) in [5.41, 5.74) is 5.43. The van der Waals surface area contributed by atoms with Gasteiger partial charge in [-0.3, -0.25) is 0 Å². The molecule has 0 nitrogen and oxygen atoms in total.